The molecule has 5 rings (SSSR count). The highest BCUT2D eigenvalue weighted by atomic mass is 79.9. The van der Waals surface area contributed by atoms with Gasteiger partial charge in [0.25, 0.3) is 5.91 Å². The highest BCUT2D eigenvalue weighted by Gasteiger charge is 2.21. The maximum Gasteiger partial charge on any atom is 0.259 e. The van der Waals surface area contributed by atoms with Crippen molar-refractivity contribution in [2.45, 2.75) is 0 Å². The molecule has 6 nitrogen and oxygen atoms in total. The van der Waals surface area contributed by atoms with Gasteiger partial charge < -0.3 is 14.8 Å². The van der Waals surface area contributed by atoms with Gasteiger partial charge in [0, 0.05) is 28.4 Å². The maximum absolute atomic E-state index is 13.3. The number of amides is 1. The number of anilines is 1. The zero-order chi connectivity index (χ0) is 21.2. The molecule has 7 heteroatoms. The van der Waals surface area contributed by atoms with Gasteiger partial charge in [0.05, 0.1) is 16.9 Å². The summed E-state index contributed by atoms with van der Waals surface area (Å²) in [6.07, 6.45) is 1.75. The number of rotatable bonds is 4. The summed E-state index contributed by atoms with van der Waals surface area (Å²) < 4.78 is 13.7. The van der Waals surface area contributed by atoms with Gasteiger partial charge in [-0.1, -0.05) is 48.5 Å². The molecule has 3 aromatic carbocycles. The van der Waals surface area contributed by atoms with E-state index in [4.69, 9.17) is 14.6 Å². The third kappa shape index (κ3) is 3.92. The Morgan fingerprint density at radius 1 is 0.935 bits per heavy atom. The number of benzene rings is 3. The molecule has 0 saturated heterocycles. The Bertz CT molecular complexity index is 1240. The number of hydrogen-bond acceptors (Lipinski definition) is 4. The third-order valence-corrected chi connectivity index (χ3v) is 5.56. The van der Waals surface area contributed by atoms with Crippen molar-refractivity contribution in [3.8, 4) is 28.4 Å². The molecule has 0 aliphatic carbocycles. The number of hydrogen-bond donors (Lipinski definition) is 1. The van der Waals surface area contributed by atoms with E-state index >= 15 is 0 Å². The van der Waals surface area contributed by atoms with Crippen LogP contribution in [0.5, 0.6) is 11.5 Å². The lowest BCUT2D eigenvalue weighted by Crippen LogP contribution is -2.17. The molecule has 1 aliphatic rings. The van der Waals surface area contributed by atoms with Gasteiger partial charge in [0.2, 0.25) is 0 Å². The summed E-state index contributed by atoms with van der Waals surface area (Å²) in [5, 5.41) is 7.68. The number of nitrogens with one attached hydrogen (secondary N) is 1. The predicted octanol–water partition coefficient (Wildman–Crippen LogP) is 5.33. The summed E-state index contributed by atoms with van der Waals surface area (Å²) in [7, 11) is 0. The number of fused-ring (bicyclic) bond motifs is 1. The van der Waals surface area contributed by atoms with Crippen LogP contribution in [0.15, 0.2) is 83.5 Å². The van der Waals surface area contributed by atoms with Crippen molar-refractivity contribution in [1.82, 2.24) is 9.78 Å². The van der Waals surface area contributed by atoms with Crippen molar-refractivity contribution in [3.63, 3.8) is 0 Å². The molecule has 1 aliphatic heterocycles. The Morgan fingerprint density at radius 2 is 1.58 bits per heavy atom. The molecule has 0 fully saturated rings. The summed E-state index contributed by atoms with van der Waals surface area (Å²) in [6, 6.07) is 22.9. The Labute approximate surface area is 187 Å². The minimum Gasteiger partial charge on any atom is -0.486 e. The topological polar surface area (TPSA) is 65.4 Å². The fraction of sp³-hybridized carbons (Fsp3) is 0.0833. The standard InChI is InChI=1S/C24H18BrN3O3/c25-19-13-21-22(31-12-11-30-21)14-20(19)26-24(29)18-15-28(17-9-5-2-6-10-17)27-23(18)16-7-3-1-4-8-16/h1-10,13-15H,11-12H2,(H,26,29). The minimum atomic E-state index is -0.265. The van der Waals surface area contributed by atoms with E-state index in [2.05, 4.69) is 21.2 Å². The second-order valence-electron chi connectivity index (χ2n) is 6.97. The fourth-order valence-electron chi connectivity index (χ4n) is 3.41. The van der Waals surface area contributed by atoms with Crippen LogP contribution in [0, 0.1) is 0 Å². The maximum atomic E-state index is 13.3. The molecule has 0 radical (unpaired) electrons. The van der Waals surface area contributed by atoms with E-state index in [0.29, 0.717) is 46.1 Å². The van der Waals surface area contributed by atoms with Gasteiger partial charge in [-0.05, 0) is 28.1 Å². The summed E-state index contributed by atoms with van der Waals surface area (Å²) >= 11 is 3.51. The number of para-hydroxylation sites is 1. The first kappa shape index (κ1) is 19.4. The van der Waals surface area contributed by atoms with Crippen molar-refractivity contribution in [3.05, 3.63) is 89.0 Å². The lowest BCUT2D eigenvalue weighted by atomic mass is 10.1. The van der Waals surface area contributed by atoms with Crippen LogP contribution in [0.2, 0.25) is 0 Å². The average Bonchev–Trinajstić information content (AvgIpc) is 3.26. The number of aromatic nitrogens is 2. The summed E-state index contributed by atoms with van der Waals surface area (Å²) in [6.45, 7) is 0.980. The van der Waals surface area contributed by atoms with Crippen LogP contribution in [0.25, 0.3) is 16.9 Å². The number of halogens is 1. The third-order valence-electron chi connectivity index (χ3n) is 4.91. The lowest BCUT2D eigenvalue weighted by molar-refractivity contribution is 0.102. The molecule has 1 N–H and O–H groups in total. The highest BCUT2D eigenvalue weighted by Crippen LogP contribution is 2.38. The van der Waals surface area contributed by atoms with Gasteiger partial charge in [-0.3, -0.25) is 4.79 Å². The summed E-state index contributed by atoms with van der Waals surface area (Å²) in [5.74, 6) is 0.990. The number of carbonyl (C=O) groups excluding carboxylic acids is 1. The van der Waals surface area contributed by atoms with Crippen LogP contribution in [0.3, 0.4) is 0 Å². The molecule has 0 bridgehead atoms. The molecule has 4 aromatic rings. The number of carbonyl (C=O) groups is 1. The predicted molar refractivity (Wildman–Crippen MR) is 122 cm³/mol. The molecule has 0 spiro atoms. The van der Waals surface area contributed by atoms with Gasteiger partial charge in [-0.25, -0.2) is 4.68 Å². The van der Waals surface area contributed by atoms with Crippen molar-refractivity contribution in [2.24, 2.45) is 0 Å². The molecule has 0 atom stereocenters. The lowest BCUT2D eigenvalue weighted by Gasteiger charge is -2.20. The Kier molecular flexibility index (Phi) is 5.18. The molecule has 31 heavy (non-hydrogen) atoms. The molecule has 1 aromatic heterocycles. The van der Waals surface area contributed by atoms with Crippen LogP contribution in [-0.2, 0) is 0 Å². The van der Waals surface area contributed by atoms with Crippen LogP contribution in [-0.4, -0.2) is 28.9 Å². The SMILES string of the molecule is O=C(Nc1cc2c(cc1Br)OCCO2)c1cn(-c2ccccc2)nc1-c1ccccc1. The fourth-order valence-corrected chi connectivity index (χ4v) is 3.83. The van der Waals surface area contributed by atoms with E-state index < -0.39 is 0 Å². The second-order valence-corrected chi connectivity index (χ2v) is 7.82. The van der Waals surface area contributed by atoms with Crippen LogP contribution >= 0.6 is 15.9 Å². The summed E-state index contributed by atoms with van der Waals surface area (Å²) in [5.41, 5.74) is 3.41. The van der Waals surface area contributed by atoms with E-state index in [1.165, 1.54) is 0 Å². The summed E-state index contributed by atoms with van der Waals surface area (Å²) in [4.78, 5) is 13.3. The van der Waals surface area contributed by atoms with Crippen LogP contribution < -0.4 is 14.8 Å². The van der Waals surface area contributed by atoms with E-state index in [-0.39, 0.29) is 5.91 Å². The number of nitrogens with zero attached hydrogens (tertiary/aromatic N) is 2. The van der Waals surface area contributed by atoms with E-state index in [1.54, 1.807) is 23.0 Å². The molecule has 154 valence electrons. The molecule has 0 unspecified atom stereocenters. The normalized spacial score (nSPS) is 12.4. The monoisotopic (exact) mass is 475 g/mol. The Balaban J connectivity index is 1.53. The first-order chi connectivity index (χ1) is 15.2. The quantitative estimate of drug-likeness (QED) is 0.433. The molecule has 0 saturated carbocycles. The smallest absolute Gasteiger partial charge is 0.259 e. The van der Waals surface area contributed by atoms with Gasteiger partial charge in [0.15, 0.2) is 11.5 Å². The largest absolute Gasteiger partial charge is 0.486 e. The second kappa shape index (κ2) is 8.28. The van der Waals surface area contributed by atoms with Gasteiger partial charge in [-0.2, -0.15) is 5.10 Å². The van der Waals surface area contributed by atoms with Gasteiger partial charge in [0.1, 0.15) is 18.9 Å². The molecule has 2 heterocycles. The zero-order valence-corrected chi connectivity index (χ0v) is 18.0. The van der Waals surface area contributed by atoms with Crippen molar-refractivity contribution < 1.29 is 14.3 Å². The first-order valence-corrected chi connectivity index (χ1v) is 10.6. The zero-order valence-electron chi connectivity index (χ0n) is 16.4. The van der Waals surface area contributed by atoms with E-state index in [1.807, 2.05) is 60.7 Å². The minimum absolute atomic E-state index is 0.265. The van der Waals surface area contributed by atoms with Crippen molar-refractivity contribution in [2.75, 3.05) is 18.5 Å². The van der Waals surface area contributed by atoms with Gasteiger partial charge in [-0.15, -0.1) is 0 Å². The van der Waals surface area contributed by atoms with Crippen molar-refractivity contribution in [1.29, 1.82) is 0 Å². The van der Waals surface area contributed by atoms with Gasteiger partial charge >= 0.3 is 0 Å². The average molecular weight is 476 g/mol. The number of ether oxygens (including phenoxy) is 2. The highest BCUT2D eigenvalue weighted by molar-refractivity contribution is 9.10. The Hall–Kier alpha value is -3.58. The molecule has 1 amide bonds. The molecular weight excluding hydrogens is 458 g/mol. The van der Waals surface area contributed by atoms with E-state index in [9.17, 15) is 4.79 Å². The molecular formula is C24H18BrN3O3. The van der Waals surface area contributed by atoms with Crippen LogP contribution in [0.4, 0.5) is 5.69 Å². The van der Waals surface area contributed by atoms with Crippen molar-refractivity contribution >= 4 is 27.5 Å². The first-order valence-electron chi connectivity index (χ1n) is 9.80. The Morgan fingerprint density at radius 3 is 2.29 bits per heavy atom. The van der Waals surface area contributed by atoms with Crippen LogP contribution in [0.1, 0.15) is 10.4 Å². The van der Waals surface area contributed by atoms with E-state index in [0.717, 1.165) is 11.3 Å².